The van der Waals surface area contributed by atoms with Crippen molar-refractivity contribution in [2.45, 2.75) is 19.4 Å². The molecule has 0 radical (unpaired) electrons. The van der Waals surface area contributed by atoms with Gasteiger partial charge in [-0.2, -0.15) is 5.26 Å². The topological polar surface area (TPSA) is 45.0 Å². The number of ether oxygens (including phenoxy) is 1. The zero-order valence-corrected chi connectivity index (χ0v) is 12.6. The lowest BCUT2D eigenvalue weighted by Crippen LogP contribution is -2.09. The molecule has 1 unspecified atom stereocenters. The van der Waals surface area contributed by atoms with E-state index in [1.54, 1.807) is 0 Å². The Kier molecular flexibility index (Phi) is 5.48. The fraction of sp³-hybridized carbons (Fsp3) is 0.235. The van der Waals surface area contributed by atoms with Crippen molar-refractivity contribution < 1.29 is 4.74 Å². The summed E-state index contributed by atoms with van der Waals surface area (Å²) in [6.45, 7) is 2.18. The van der Waals surface area contributed by atoms with Gasteiger partial charge in [-0.05, 0) is 36.2 Å². The Bertz CT molecular complexity index is 619. The average molecular weight is 301 g/mol. The number of rotatable bonds is 6. The van der Waals surface area contributed by atoms with Gasteiger partial charge in [0, 0.05) is 16.8 Å². The summed E-state index contributed by atoms with van der Waals surface area (Å²) < 4.78 is 5.31. The van der Waals surface area contributed by atoms with Crippen LogP contribution in [0.5, 0.6) is 5.75 Å². The molecule has 1 atom stereocenters. The van der Waals surface area contributed by atoms with Gasteiger partial charge < -0.3 is 10.1 Å². The van der Waals surface area contributed by atoms with Gasteiger partial charge in [-0.1, -0.05) is 36.7 Å². The molecule has 3 nitrogen and oxygen atoms in total. The second kappa shape index (κ2) is 7.56. The maximum atomic E-state index is 8.55. The van der Waals surface area contributed by atoms with Crippen LogP contribution < -0.4 is 10.1 Å². The quantitative estimate of drug-likeness (QED) is 0.833. The van der Waals surface area contributed by atoms with E-state index in [9.17, 15) is 0 Å². The molecule has 2 aromatic rings. The largest absolute Gasteiger partial charge is 0.479 e. The van der Waals surface area contributed by atoms with E-state index in [1.165, 1.54) is 5.56 Å². The third-order valence-corrected chi connectivity index (χ3v) is 3.41. The lowest BCUT2D eigenvalue weighted by Gasteiger charge is -2.19. The van der Waals surface area contributed by atoms with Gasteiger partial charge in [-0.15, -0.1) is 0 Å². The Balaban J connectivity index is 2.11. The summed E-state index contributed by atoms with van der Waals surface area (Å²) in [6, 6.07) is 17.6. The highest BCUT2D eigenvalue weighted by Gasteiger charge is 2.09. The normalized spacial score (nSPS) is 11.5. The van der Waals surface area contributed by atoms with Gasteiger partial charge in [0.15, 0.2) is 6.61 Å². The Morgan fingerprint density at radius 3 is 2.67 bits per heavy atom. The highest BCUT2D eigenvalue weighted by atomic mass is 35.5. The third kappa shape index (κ3) is 4.40. The molecular formula is C17H17ClN2O. The van der Waals surface area contributed by atoms with Crippen molar-refractivity contribution in [1.29, 1.82) is 5.26 Å². The lowest BCUT2D eigenvalue weighted by molar-refractivity contribution is 0.368. The molecule has 21 heavy (non-hydrogen) atoms. The molecule has 4 heteroatoms. The first-order valence-corrected chi connectivity index (χ1v) is 7.22. The van der Waals surface area contributed by atoms with Gasteiger partial charge in [0.2, 0.25) is 0 Å². The van der Waals surface area contributed by atoms with Gasteiger partial charge in [-0.25, -0.2) is 0 Å². The van der Waals surface area contributed by atoms with E-state index in [-0.39, 0.29) is 12.6 Å². The van der Waals surface area contributed by atoms with Crippen molar-refractivity contribution in [1.82, 2.24) is 0 Å². The molecule has 0 amide bonds. The molecule has 2 rings (SSSR count). The van der Waals surface area contributed by atoms with Crippen LogP contribution in [0.2, 0.25) is 5.02 Å². The van der Waals surface area contributed by atoms with E-state index in [1.807, 2.05) is 54.6 Å². The van der Waals surface area contributed by atoms with Gasteiger partial charge in [0.1, 0.15) is 11.8 Å². The molecule has 1 N–H and O–H groups in total. The number of hydrogen-bond acceptors (Lipinski definition) is 3. The average Bonchev–Trinajstić information content (AvgIpc) is 2.52. The number of halogens is 1. The Labute approximate surface area is 130 Å². The fourth-order valence-electron chi connectivity index (χ4n) is 2.11. The molecule has 0 fully saturated rings. The van der Waals surface area contributed by atoms with Crippen LogP contribution >= 0.6 is 11.6 Å². The van der Waals surface area contributed by atoms with E-state index in [0.29, 0.717) is 5.75 Å². The smallest absolute Gasteiger partial charge is 0.174 e. The summed E-state index contributed by atoms with van der Waals surface area (Å²) in [4.78, 5) is 0. The Morgan fingerprint density at radius 2 is 2.00 bits per heavy atom. The van der Waals surface area contributed by atoms with Crippen LogP contribution in [0.25, 0.3) is 0 Å². The number of nitriles is 1. The SMILES string of the molecule is CCC(Nc1cccc(OCC#N)c1)c1ccc(Cl)cc1. The zero-order chi connectivity index (χ0) is 15.1. The summed E-state index contributed by atoms with van der Waals surface area (Å²) in [7, 11) is 0. The van der Waals surface area contributed by atoms with Crippen molar-refractivity contribution >= 4 is 17.3 Å². The molecule has 0 aliphatic rings. The zero-order valence-electron chi connectivity index (χ0n) is 11.8. The molecule has 2 aromatic carbocycles. The molecule has 0 heterocycles. The number of anilines is 1. The van der Waals surface area contributed by atoms with Crippen molar-refractivity contribution in [3.8, 4) is 11.8 Å². The fourth-order valence-corrected chi connectivity index (χ4v) is 2.23. The maximum Gasteiger partial charge on any atom is 0.174 e. The number of nitrogens with zero attached hydrogens (tertiary/aromatic N) is 1. The highest BCUT2D eigenvalue weighted by Crippen LogP contribution is 2.26. The van der Waals surface area contributed by atoms with Crippen molar-refractivity contribution in [3.05, 3.63) is 59.1 Å². The van der Waals surface area contributed by atoms with Gasteiger partial charge >= 0.3 is 0 Å². The second-order valence-corrected chi connectivity index (χ2v) is 5.07. The Morgan fingerprint density at radius 1 is 1.24 bits per heavy atom. The predicted octanol–water partition coefficient (Wildman–Crippen LogP) is 4.81. The number of benzene rings is 2. The van der Waals surface area contributed by atoms with E-state index in [0.717, 1.165) is 17.1 Å². The molecule has 0 bridgehead atoms. The van der Waals surface area contributed by atoms with E-state index in [4.69, 9.17) is 21.6 Å². The van der Waals surface area contributed by atoms with Crippen LogP contribution in [0.15, 0.2) is 48.5 Å². The molecule has 0 saturated carbocycles. The standard InChI is InChI=1S/C17H17ClN2O/c1-2-17(13-6-8-14(18)9-7-13)20-15-4-3-5-16(12-15)21-11-10-19/h3-9,12,17,20H,2,11H2,1H3. The number of hydrogen-bond donors (Lipinski definition) is 1. The van der Waals surface area contributed by atoms with Crippen LogP contribution in [0.3, 0.4) is 0 Å². The maximum absolute atomic E-state index is 8.55. The Hall–Kier alpha value is -2.18. The first-order valence-electron chi connectivity index (χ1n) is 6.84. The molecular weight excluding hydrogens is 284 g/mol. The van der Waals surface area contributed by atoms with Crippen LogP contribution in [0.1, 0.15) is 24.9 Å². The van der Waals surface area contributed by atoms with Gasteiger partial charge in [-0.3, -0.25) is 0 Å². The summed E-state index contributed by atoms with van der Waals surface area (Å²) in [5.41, 5.74) is 2.15. The van der Waals surface area contributed by atoms with Gasteiger partial charge in [0.05, 0.1) is 6.04 Å². The molecule has 0 aromatic heterocycles. The monoisotopic (exact) mass is 300 g/mol. The first kappa shape index (κ1) is 15.2. The van der Waals surface area contributed by atoms with E-state index < -0.39 is 0 Å². The van der Waals surface area contributed by atoms with E-state index in [2.05, 4.69) is 12.2 Å². The van der Waals surface area contributed by atoms with Crippen LogP contribution in [-0.2, 0) is 0 Å². The molecule has 0 aliphatic heterocycles. The summed E-state index contributed by atoms with van der Waals surface area (Å²) in [5.74, 6) is 0.688. The summed E-state index contributed by atoms with van der Waals surface area (Å²) in [6.07, 6.45) is 0.949. The van der Waals surface area contributed by atoms with Crippen LogP contribution in [0, 0.1) is 11.3 Å². The summed E-state index contributed by atoms with van der Waals surface area (Å²) in [5, 5.41) is 12.8. The predicted molar refractivity (Wildman–Crippen MR) is 85.7 cm³/mol. The number of nitrogens with one attached hydrogen (secondary N) is 1. The summed E-state index contributed by atoms with van der Waals surface area (Å²) >= 11 is 5.93. The first-order chi connectivity index (χ1) is 10.2. The van der Waals surface area contributed by atoms with Crippen molar-refractivity contribution in [2.75, 3.05) is 11.9 Å². The molecule has 108 valence electrons. The molecule has 0 saturated heterocycles. The van der Waals surface area contributed by atoms with Crippen molar-refractivity contribution in [3.63, 3.8) is 0 Å². The van der Waals surface area contributed by atoms with Crippen LogP contribution in [0.4, 0.5) is 5.69 Å². The van der Waals surface area contributed by atoms with Crippen LogP contribution in [-0.4, -0.2) is 6.61 Å². The minimum Gasteiger partial charge on any atom is -0.479 e. The third-order valence-electron chi connectivity index (χ3n) is 3.16. The van der Waals surface area contributed by atoms with E-state index >= 15 is 0 Å². The second-order valence-electron chi connectivity index (χ2n) is 4.63. The highest BCUT2D eigenvalue weighted by molar-refractivity contribution is 6.30. The minimum absolute atomic E-state index is 0.0534. The van der Waals surface area contributed by atoms with Crippen molar-refractivity contribution in [2.24, 2.45) is 0 Å². The molecule has 0 spiro atoms. The van der Waals surface area contributed by atoms with Gasteiger partial charge in [0.25, 0.3) is 0 Å². The molecule has 0 aliphatic carbocycles. The lowest BCUT2D eigenvalue weighted by atomic mass is 10.0. The minimum atomic E-state index is 0.0534.